The minimum atomic E-state index is 0.366. The number of allylic oxidation sites excluding steroid dienone is 2. The maximum atomic E-state index is 10.3. The molecule has 27 heavy (non-hydrogen) atoms. The zero-order chi connectivity index (χ0) is 19.1. The molecule has 1 N–H and O–H groups in total. The average molecular weight is 363 g/mol. The monoisotopic (exact) mass is 362 g/mol. The largest absolute Gasteiger partial charge is 0.507 e. The second-order valence-electron chi connectivity index (χ2n) is 6.97. The average Bonchev–Trinajstić information content (AvgIpc) is 2.71. The Balaban J connectivity index is 1.79. The summed E-state index contributed by atoms with van der Waals surface area (Å²) in [5, 5.41) is 12.4. The predicted octanol–water partition coefficient (Wildman–Crippen LogP) is 3.26. The van der Waals surface area contributed by atoms with E-state index in [1.165, 1.54) is 11.3 Å². The molecule has 142 valence electrons. The van der Waals surface area contributed by atoms with Gasteiger partial charge >= 0.3 is 0 Å². The van der Waals surface area contributed by atoms with E-state index in [0.29, 0.717) is 5.75 Å². The minimum Gasteiger partial charge on any atom is -0.507 e. The molecule has 0 unspecified atom stereocenters. The van der Waals surface area contributed by atoms with E-state index in [1.807, 2.05) is 19.1 Å². The first-order chi connectivity index (χ1) is 13.2. The summed E-state index contributed by atoms with van der Waals surface area (Å²) >= 11 is 0. The van der Waals surface area contributed by atoms with Crippen molar-refractivity contribution in [2.75, 3.05) is 31.1 Å². The lowest BCUT2D eigenvalue weighted by atomic mass is 10.1. The molecule has 0 aliphatic carbocycles. The van der Waals surface area contributed by atoms with Crippen molar-refractivity contribution < 1.29 is 5.11 Å². The predicted molar refractivity (Wildman–Crippen MR) is 115 cm³/mol. The maximum absolute atomic E-state index is 10.3. The van der Waals surface area contributed by atoms with Crippen molar-refractivity contribution >= 4 is 17.8 Å². The number of rotatable bonds is 5. The molecule has 3 rings (SSSR count). The fourth-order valence-electron chi connectivity index (χ4n) is 3.66. The molecule has 1 saturated heterocycles. The summed E-state index contributed by atoms with van der Waals surface area (Å²) in [6.07, 6.45) is 9.22. The van der Waals surface area contributed by atoms with Gasteiger partial charge < -0.3 is 10.0 Å². The van der Waals surface area contributed by atoms with Gasteiger partial charge in [0.2, 0.25) is 0 Å². The van der Waals surface area contributed by atoms with Crippen molar-refractivity contribution in [3.8, 4) is 5.75 Å². The number of benzene rings is 2. The Labute approximate surface area is 162 Å². The summed E-state index contributed by atoms with van der Waals surface area (Å²) in [7, 11) is 0. The molecule has 0 atom stereocenters. The molecule has 0 bridgehead atoms. The fraction of sp³-hybridized carbons (Fsp3) is 0.333. The lowest BCUT2D eigenvalue weighted by Gasteiger charge is -2.36. The lowest BCUT2D eigenvalue weighted by Crippen LogP contribution is -2.46. The number of nitrogens with zero attached hydrogens (tertiary/aromatic N) is 2. The van der Waals surface area contributed by atoms with Crippen molar-refractivity contribution in [2.24, 2.45) is 0 Å². The van der Waals surface area contributed by atoms with Gasteiger partial charge in [0, 0.05) is 43.6 Å². The normalized spacial score (nSPS) is 17.2. The van der Waals surface area contributed by atoms with Crippen LogP contribution >= 0.6 is 0 Å². The third-order valence-electron chi connectivity index (χ3n) is 5.11. The molecule has 2 aromatic carbocycles. The summed E-state index contributed by atoms with van der Waals surface area (Å²) in [5.41, 5.74) is 2.59. The molecular weight excluding hydrogens is 332 g/mol. The Morgan fingerprint density at radius 1 is 0.963 bits per heavy atom. The molecule has 1 aliphatic rings. The molecule has 1 heterocycles. The Hall–Kier alpha value is -2.52. The first-order valence-corrected chi connectivity index (χ1v) is 9.89. The highest BCUT2D eigenvalue weighted by Gasteiger charge is 2.17. The van der Waals surface area contributed by atoms with Crippen LogP contribution in [-0.2, 0) is 6.54 Å². The van der Waals surface area contributed by atoms with Crippen LogP contribution in [0.4, 0.5) is 5.69 Å². The molecule has 2 aromatic rings. The van der Waals surface area contributed by atoms with Crippen LogP contribution in [0.2, 0.25) is 0 Å². The van der Waals surface area contributed by atoms with Crippen LogP contribution in [0.3, 0.4) is 0 Å². The van der Waals surface area contributed by atoms with Gasteiger partial charge in [0.05, 0.1) is 0 Å². The molecular formula is C24H30N2O. The fourth-order valence-corrected chi connectivity index (χ4v) is 3.66. The van der Waals surface area contributed by atoms with E-state index in [9.17, 15) is 5.11 Å². The number of phenolic OH excluding ortho intramolecular Hbond substituents is 1. The molecule has 1 aliphatic heterocycles. The number of piperazine rings is 1. The minimum absolute atomic E-state index is 0.366. The zero-order valence-electron chi connectivity index (χ0n) is 16.4. The van der Waals surface area contributed by atoms with Gasteiger partial charge in [-0.2, -0.15) is 0 Å². The van der Waals surface area contributed by atoms with Gasteiger partial charge in [0.25, 0.3) is 0 Å². The summed E-state index contributed by atoms with van der Waals surface area (Å²) in [5.74, 6) is 0.366. The zero-order valence-corrected chi connectivity index (χ0v) is 16.4. The highest BCUT2D eigenvalue weighted by Crippen LogP contribution is 2.16. The lowest BCUT2D eigenvalue weighted by molar-refractivity contribution is 0.249. The first-order valence-electron chi connectivity index (χ1n) is 9.89. The third kappa shape index (κ3) is 4.81. The van der Waals surface area contributed by atoms with E-state index in [2.05, 4.69) is 71.3 Å². The van der Waals surface area contributed by atoms with Gasteiger partial charge in [-0.15, -0.1) is 0 Å². The number of hydrogen-bond acceptors (Lipinski definition) is 3. The molecule has 0 amide bonds. The van der Waals surface area contributed by atoms with E-state index in [-0.39, 0.29) is 0 Å². The molecule has 1 fully saturated rings. The number of phenols is 1. The Bertz CT molecular complexity index is 879. The van der Waals surface area contributed by atoms with Gasteiger partial charge in [-0.25, -0.2) is 0 Å². The van der Waals surface area contributed by atoms with E-state index in [0.717, 1.165) is 49.6 Å². The topological polar surface area (TPSA) is 26.7 Å². The van der Waals surface area contributed by atoms with Gasteiger partial charge in [0.1, 0.15) is 5.75 Å². The molecule has 0 saturated carbocycles. The van der Waals surface area contributed by atoms with Crippen molar-refractivity contribution in [1.29, 1.82) is 0 Å². The highest BCUT2D eigenvalue weighted by atomic mass is 16.3. The van der Waals surface area contributed by atoms with E-state index in [1.54, 1.807) is 0 Å². The number of para-hydroxylation sites is 1. The van der Waals surface area contributed by atoms with Crippen molar-refractivity contribution in [3.05, 3.63) is 70.6 Å². The quantitative estimate of drug-likeness (QED) is 0.884. The van der Waals surface area contributed by atoms with Crippen molar-refractivity contribution in [3.63, 3.8) is 0 Å². The van der Waals surface area contributed by atoms with Crippen LogP contribution in [0.25, 0.3) is 12.2 Å². The summed E-state index contributed by atoms with van der Waals surface area (Å²) in [6, 6.07) is 14.6. The summed E-state index contributed by atoms with van der Waals surface area (Å²) in [4.78, 5) is 4.96. The second-order valence-corrected chi connectivity index (χ2v) is 6.97. The smallest absolute Gasteiger partial charge is 0.123 e. The SMILES string of the molecule is C\C=C/C=c1/c(CN2CCN(c3ccccc3)CC2)ccc(O)/c1=C\CC. The molecule has 0 radical (unpaired) electrons. The standard InChI is InChI=1S/C24H30N2O/c1-3-5-12-22-20(13-14-24(27)23(22)9-4-2)19-25-15-17-26(18-16-25)21-10-7-6-8-11-21/h3,5-14,27H,4,15-19H2,1-2H3/b5-3-,22-12-,23-9-. The van der Waals surface area contributed by atoms with Crippen LogP contribution in [0.15, 0.2) is 54.6 Å². The maximum Gasteiger partial charge on any atom is 0.123 e. The molecule has 3 nitrogen and oxygen atoms in total. The third-order valence-corrected chi connectivity index (χ3v) is 5.11. The summed E-state index contributed by atoms with van der Waals surface area (Å²) in [6.45, 7) is 9.22. The van der Waals surface area contributed by atoms with E-state index in [4.69, 9.17) is 0 Å². The molecule has 0 spiro atoms. The van der Waals surface area contributed by atoms with Crippen molar-refractivity contribution in [2.45, 2.75) is 26.8 Å². The van der Waals surface area contributed by atoms with Crippen molar-refractivity contribution in [1.82, 2.24) is 4.90 Å². The van der Waals surface area contributed by atoms with Gasteiger partial charge in [-0.1, -0.05) is 55.5 Å². The number of hydrogen-bond donors (Lipinski definition) is 1. The van der Waals surface area contributed by atoms with Crippen LogP contribution in [0.1, 0.15) is 25.8 Å². The number of anilines is 1. The van der Waals surface area contributed by atoms with Gasteiger partial charge in [-0.05, 0) is 42.3 Å². The summed E-state index contributed by atoms with van der Waals surface area (Å²) < 4.78 is 0. The molecule has 0 aromatic heterocycles. The van der Waals surface area contributed by atoms with Gasteiger partial charge in [0.15, 0.2) is 0 Å². The van der Waals surface area contributed by atoms with E-state index < -0.39 is 0 Å². The van der Waals surface area contributed by atoms with Crippen LogP contribution in [0, 0.1) is 0 Å². The van der Waals surface area contributed by atoms with Crippen LogP contribution < -0.4 is 15.3 Å². The Morgan fingerprint density at radius 3 is 2.37 bits per heavy atom. The van der Waals surface area contributed by atoms with E-state index >= 15 is 0 Å². The van der Waals surface area contributed by atoms with Crippen LogP contribution in [0.5, 0.6) is 5.75 Å². The second kappa shape index (κ2) is 9.43. The Kier molecular flexibility index (Phi) is 6.72. The van der Waals surface area contributed by atoms with Gasteiger partial charge in [-0.3, -0.25) is 4.90 Å². The first kappa shape index (κ1) is 19.2. The molecule has 3 heteroatoms. The number of aromatic hydroxyl groups is 1. The Morgan fingerprint density at radius 2 is 1.70 bits per heavy atom. The highest BCUT2D eigenvalue weighted by molar-refractivity contribution is 5.47. The van der Waals surface area contributed by atoms with Crippen LogP contribution in [-0.4, -0.2) is 36.2 Å².